The van der Waals surface area contributed by atoms with Crippen LogP contribution in [0.1, 0.15) is 38.1 Å². The van der Waals surface area contributed by atoms with Crippen molar-refractivity contribution in [2.45, 2.75) is 38.3 Å². The van der Waals surface area contributed by atoms with Crippen LogP contribution in [0.15, 0.2) is 6.33 Å². The molecule has 6 nitrogen and oxygen atoms in total. The molecule has 1 amide bonds. The van der Waals surface area contributed by atoms with E-state index in [0.717, 1.165) is 19.3 Å². The van der Waals surface area contributed by atoms with Gasteiger partial charge in [-0.25, -0.2) is 4.98 Å². The van der Waals surface area contributed by atoms with Gasteiger partial charge < -0.3 is 11.1 Å². The van der Waals surface area contributed by atoms with Crippen LogP contribution in [0.2, 0.25) is 0 Å². The lowest BCUT2D eigenvalue weighted by molar-refractivity contribution is -0.125. The Morgan fingerprint density at radius 3 is 3.06 bits per heavy atom. The predicted octanol–water partition coefficient (Wildman–Crippen LogP) is 0.109. The van der Waals surface area contributed by atoms with Crippen molar-refractivity contribution in [3.63, 3.8) is 0 Å². The number of carbonyl (C=O) groups is 1. The lowest BCUT2D eigenvalue weighted by Gasteiger charge is -2.18. The first-order chi connectivity index (χ1) is 7.68. The third kappa shape index (κ3) is 2.21. The van der Waals surface area contributed by atoms with Crippen LogP contribution in [0, 0.1) is 5.92 Å². The fraction of sp³-hybridized carbons (Fsp3) is 0.700. The number of nitrogens with two attached hydrogens (primary N) is 1. The molecule has 4 N–H and O–H groups in total. The fourth-order valence-corrected chi connectivity index (χ4v) is 2.13. The van der Waals surface area contributed by atoms with Crippen molar-refractivity contribution >= 4 is 5.91 Å². The maximum atomic E-state index is 11.9. The molecule has 2 rings (SSSR count). The van der Waals surface area contributed by atoms with E-state index in [1.54, 1.807) is 0 Å². The van der Waals surface area contributed by atoms with Crippen molar-refractivity contribution in [3.05, 3.63) is 12.2 Å². The summed E-state index contributed by atoms with van der Waals surface area (Å²) >= 11 is 0. The number of nitrogens with zero attached hydrogens (tertiary/aromatic N) is 2. The Hall–Kier alpha value is -1.43. The first-order valence-electron chi connectivity index (χ1n) is 5.59. The molecule has 1 aliphatic carbocycles. The summed E-state index contributed by atoms with van der Waals surface area (Å²) in [5, 5.41) is 9.39. The number of aromatic nitrogens is 3. The summed E-state index contributed by atoms with van der Waals surface area (Å²) in [6.07, 6.45) is 4.29. The molecule has 0 spiro atoms. The van der Waals surface area contributed by atoms with Crippen LogP contribution in [-0.4, -0.2) is 27.1 Å². The van der Waals surface area contributed by atoms with Gasteiger partial charge in [-0.3, -0.25) is 9.89 Å². The van der Waals surface area contributed by atoms with Crippen LogP contribution in [0.4, 0.5) is 0 Å². The normalized spacial score (nSPS) is 26.6. The summed E-state index contributed by atoms with van der Waals surface area (Å²) in [5.41, 5.74) is 5.88. The first kappa shape index (κ1) is 11.1. The number of hydrogen-bond acceptors (Lipinski definition) is 4. The van der Waals surface area contributed by atoms with Gasteiger partial charge in [0, 0.05) is 6.04 Å². The second kappa shape index (κ2) is 4.61. The summed E-state index contributed by atoms with van der Waals surface area (Å²) in [6.45, 7) is 1.87. The predicted molar refractivity (Wildman–Crippen MR) is 58.3 cm³/mol. The minimum Gasteiger partial charge on any atom is -0.346 e. The van der Waals surface area contributed by atoms with E-state index in [-0.39, 0.29) is 23.9 Å². The highest BCUT2D eigenvalue weighted by molar-refractivity contribution is 5.80. The number of carbonyl (C=O) groups excluding carboxylic acids is 1. The summed E-state index contributed by atoms with van der Waals surface area (Å²) in [4.78, 5) is 15.9. The molecule has 6 heteroatoms. The first-order valence-corrected chi connectivity index (χ1v) is 5.59. The second-order valence-corrected chi connectivity index (χ2v) is 4.30. The van der Waals surface area contributed by atoms with Gasteiger partial charge in [0.1, 0.15) is 12.2 Å². The highest BCUT2D eigenvalue weighted by atomic mass is 16.2. The highest BCUT2D eigenvalue weighted by Crippen LogP contribution is 2.24. The number of rotatable bonds is 3. The van der Waals surface area contributed by atoms with E-state index in [1.165, 1.54) is 6.33 Å². The molecule has 1 saturated carbocycles. The Bertz CT molecular complexity index is 350. The van der Waals surface area contributed by atoms with E-state index in [0.29, 0.717) is 5.82 Å². The van der Waals surface area contributed by atoms with Gasteiger partial charge in [0.15, 0.2) is 0 Å². The Kier molecular flexibility index (Phi) is 3.19. The zero-order valence-corrected chi connectivity index (χ0v) is 9.31. The van der Waals surface area contributed by atoms with Crippen molar-refractivity contribution in [3.8, 4) is 0 Å². The minimum atomic E-state index is -0.150. The Morgan fingerprint density at radius 1 is 1.69 bits per heavy atom. The standard InChI is InChI=1S/C10H17N5O/c1-6(9-12-5-13-15-9)14-10(16)7-3-2-4-8(7)11/h5-8H,2-4,11H2,1H3,(H,14,16)(H,12,13,15). The molecule has 0 aromatic carbocycles. The molecule has 1 heterocycles. The van der Waals surface area contributed by atoms with Crippen LogP contribution in [0.25, 0.3) is 0 Å². The van der Waals surface area contributed by atoms with Gasteiger partial charge in [0.2, 0.25) is 5.91 Å². The average Bonchev–Trinajstić information content (AvgIpc) is 2.86. The lowest BCUT2D eigenvalue weighted by atomic mass is 10.0. The van der Waals surface area contributed by atoms with Gasteiger partial charge in [-0.1, -0.05) is 6.42 Å². The molecule has 3 atom stereocenters. The molecule has 1 fully saturated rings. The molecule has 1 aromatic rings. The topological polar surface area (TPSA) is 96.7 Å². The molecule has 88 valence electrons. The van der Waals surface area contributed by atoms with Crippen molar-refractivity contribution in [1.29, 1.82) is 0 Å². The molecule has 0 saturated heterocycles. The van der Waals surface area contributed by atoms with Crippen molar-refractivity contribution in [1.82, 2.24) is 20.5 Å². The molecule has 16 heavy (non-hydrogen) atoms. The quantitative estimate of drug-likeness (QED) is 0.677. The Morgan fingerprint density at radius 2 is 2.50 bits per heavy atom. The maximum absolute atomic E-state index is 11.9. The maximum Gasteiger partial charge on any atom is 0.225 e. The molecule has 3 unspecified atom stereocenters. The number of hydrogen-bond donors (Lipinski definition) is 3. The Labute approximate surface area is 94.0 Å². The van der Waals surface area contributed by atoms with Crippen molar-refractivity contribution in [2.24, 2.45) is 11.7 Å². The number of H-pyrrole nitrogens is 1. The van der Waals surface area contributed by atoms with Gasteiger partial charge in [-0.05, 0) is 19.8 Å². The molecule has 0 radical (unpaired) electrons. The molecule has 1 aromatic heterocycles. The molecule has 0 aliphatic heterocycles. The third-order valence-electron chi connectivity index (χ3n) is 3.11. The zero-order chi connectivity index (χ0) is 11.5. The molecular weight excluding hydrogens is 206 g/mol. The van der Waals surface area contributed by atoms with Gasteiger partial charge in [0.25, 0.3) is 0 Å². The van der Waals surface area contributed by atoms with E-state index in [2.05, 4.69) is 20.5 Å². The SMILES string of the molecule is CC(NC(=O)C1CCCC1N)c1ncn[nH]1. The third-order valence-corrected chi connectivity index (χ3v) is 3.11. The summed E-state index contributed by atoms with van der Waals surface area (Å²) in [6, 6.07) is -0.148. The van der Waals surface area contributed by atoms with E-state index < -0.39 is 0 Å². The number of nitrogens with one attached hydrogen (secondary N) is 2. The van der Waals surface area contributed by atoms with Crippen LogP contribution < -0.4 is 11.1 Å². The van der Waals surface area contributed by atoms with E-state index in [1.807, 2.05) is 6.92 Å². The van der Waals surface area contributed by atoms with Crippen LogP contribution in [-0.2, 0) is 4.79 Å². The fourth-order valence-electron chi connectivity index (χ4n) is 2.13. The van der Waals surface area contributed by atoms with Crippen LogP contribution in [0.3, 0.4) is 0 Å². The van der Waals surface area contributed by atoms with Gasteiger partial charge >= 0.3 is 0 Å². The number of aromatic amines is 1. The summed E-state index contributed by atoms with van der Waals surface area (Å²) in [5.74, 6) is 0.638. The minimum absolute atomic E-state index is 0.00178. The van der Waals surface area contributed by atoms with Gasteiger partial charge in [-0.2, -0.15) is 5.10 Å². The van der Waals surface area contributed by atoms with Gasteiger partial charge in [0.05, 0.1) is 12.0 Å². The molecule has 0 bridgehead atoms. The lowest BCUT2D eigenvalue weighted by Crippen LogP contribution is -2.39. The Balaban J connectivity index is 1.92. The van der Waals surface area contributed by atoms with Crippen molar-refractivity contribution < 1.29 is 4.79 Å². The average molecular weight is 223 g/mol. The summed E-state index contributed by atoms with van der Waals surface area (Å²) in [7, 11) is 0. The smallest absolute Gasteiger partial charge is 0.225 e. The monoisotopic (exact) mass is 223 g/mol. The van der Waals surface area contributed by atoms with E-state index >= 15 is 0 Å². The van der Waals surface area contributed by atoms with E-state index in [9.17, 15) is 4.79 Å². The van der Waals surface area contributed by atoms with Crippen LogP contribution >= 0.6 is 0 Å². The van der Waals surface area contributed by atoms with E-state index in [4.69, 9.17) is 5.73 Å². The van der Waals surface area contributed by atoms with Crippen LogP contribution in [0.5, 0.6) is 0 Å². The number of amides is 1. The second-order valence-electron chi connectivity index (χ2n) is 4.30. The molecular formula is C10H17N5O. The van der Waals surface area contributed by atoms with Crippen molar-refractivity contribution in [2.75, 3.05) is 0 Å². The molecule has 1 aliphatic rings. The largest absolute Gasteiger partial charge is 0.346 e. The zero-order valence-electron chi connectivity index (χ0n) is 9.31. The summed E-state index contributed by atoms with van der Waals surface area (Å²) < 4.78 is 0. The highest BCUT2D eigenvalue weighted by Gasteiger charge is 2.31. The van der Waals surface area contributed by atoms with Gasteiger partial charge in [-0.15, -0.1) is 0 Å².